The first-order chi connectivity index (χ1) is 45.3. The van der Waals surface area contributed by atoms with Gasteiger partial charge in [0, 0.05) is 6.42 Å². The molecule has 0 aromatic carbocycles. The molecule has 1 fully saturated rings. The number of nitrogens with one attached hydrogen (secondary N) is 1. The molecule has 524 valence electrons. The summed E-state index contributed by atoms with van der Waals surface area (Å²) in [6.45, 7) is 3.66. The summed E-state index contributed by atoms with van der Waals surface area (Å²) in [5, 5.41) is 54.8. The minimum Gasteiger partial charge on any atom is -0.394 e. The molecule has 0 aromatic rings. The minimum absolute atomic E-state index is 0.199. The quantitative estimate of drug-likeness (QED) is 0.0261. The van der Waals surface area contributed by atoms with Crippen molar-refractivity contribution < 1.29 is 39.8 Å². The van der Waals surface area contributed by atoms with Crippen LogP contribution in [0.15, 0.2) is 158 Å². The number of rotatable bonds is 64. The Morgan fingerprint density at radius 3 is 1.04 bits per heavy atom. The highest BCUT2D eigenvalue weighted by Gasteiger charge is 2.44. The molecule has 0 spiro atoms. The lowest BCUT2D eigenvalue weighted by Crippen LogP contribution is -2.60. The maximum Gasteiger partial charge on any atom is 0.220 e. The SMILES string of the molecule is CC/C=C\C/C=C\C/C=C\C/C=C\C/C=C\C/C=C\C/C=C\C/C=C\C/C=C\C/C=C\CCCCCCCCCCCCC(=O)NC(COC1OC(CO)C(O)C(O)C1O)C(O)/C=C/CC/C=C/CC/C=C/CCCCCCCCCCCCCCCCCCCC. The third kappa shape index (κ3) is 57.3. The molecule has 7 atom stereocenters. The van der Waals surface area contributed by atoms with Crippen molar-refractivity contribution in [2.75, 3.05) is 13.2 Å². The predicted octanol–water partition coefficient (Wildman–Crippen LogP) is 21.5. The van der Waals surface area contributed by atoms with Gasteiger partial charge in [-0.15, -0.1) is 0 Å². The van der Waals surface area contributed by atoms with Gasteiger partial charge in [0.25, 0.3) is 0 Å². The van der Waals surface area contributed by atoms with Gasteiger partial charge < -0.3 is 40.3 Å². The number of hydrogen-bond donors (Lipinski definition) is 6. The van der Waals surface area contributed by atoms with Gasteiger partial charge in [0.1, 0.15) is 24.4 Å². The first kappa shape index (κ1) is 85.8. The molecular formula is C83H139NO8. The van der Waals surface area contributed by atoms with Gasteiger partial charge in [0.05, 0.1) is 25.4 Å². The molecule has 9 heteroatoms. The number of aliphatic hydroxyl groups excluding tert-OH is 5. The third-order valence-electron chi connectivity index (χ3n) is 16.8. The summed E-state index contributed by atoms with van der Waals surface area (Å²) < 4.78 is 11.3. The van der Waals surface area contributed by atoms with Crippen molar-refractivity contribution >= 4 is 5.91 Å². The van der Waals surface area contributed by atoms with Crippen molar-refractivity contribution in [1.29, 1.82) is 0 Å². The van der Waals surface area contributed by atoms with E-state index in [0.29, 0.717) is 6.42 Å². The molecule has 9 nitrogen and oxygen atoms in total. The van der Waals surface area contributed by atoms with Gasteiger partial charge in [-0.1, -0.05) is 332 Å². The zero-order valence-corrected chi connectivity index (χ0v) is 58.7. The standard InChI is InChI=1S/C83H139NO8/c1-3-5-7-9-11-13-15-17-19-21-23-25-27-29-31-33-34-35-36-37-38-39-40-41-42-43-44-45-47-49-51-53-55-57-59-61-63-65-67-69-71-73-79(87)84-76(75-91-83-82(90)81(89)80(88)78(74-85)92-83)77(86)72-70-68-66-64-62-60-58-56-54-52-50-48-46-32-30-28-26-24-22-20-18-16-14-12-10-8-6-4-2/h5,7,11,13,17,19,23,25,29,31,34-35,37-38,40-41,43-44,47,49,54,56,62,64,70,72,76-78,80-83,85-86,88-90H,3-4,6,8-10,12,14-16,18,20-22,24,26-28,30,32-33,36,39,42,45-46,48,50-53,55,57-61,63,65-69,71,73-75H2,1-2H3,(H,84,87)/b7-5-,13-11-,19-17-,25-23-,31-29-,35-34-,38-37-,41-40-,44-43-,49-47-,56-54+,64-62+,72-70+. The second-order valence-corrected chi connectivity index (χ2v) is 25.3. The number of ether oxygens (including phenoxy) is 2. The number of carbonyl (C=O) groups is 1. The van der Waals surface area contributed by atoms with Gasteiger partial charge in [-0.3, -0.25) is 4.79 Å². The van der Waals surface area contributed by atoms with Crippen LogP contribution in [0, 0.1) is 0 Å². The number of aliphatic hydroxyl groups is 5. The lowest BCUT2D eigenvalue weighted by atomic mass is 9.99. The Hall–Kier alpha value is -4.19. The molecule has 0 aromatic heterocycles. The normalized spacial score (nSPS) is 18.6. The Morgan fingerprint density at radius 1 is 0.380 bits per heavy atom. The average molecular weight is 1280 g/mol. The number of unbranched alkanes of at least 4 members (excludes halogenated alkanes) is 30. The van der Waals surface area contributed by atoms with Crippen molar-refractivity contribution in [3.8, 4) is 0 Å². The topological polar surface area (TPSA) is 149 Å². The van der Waals surface area contributed by atoms with Crippen molar-refractivity contribution in [2.24, 2.45) is 0 Å². The van der Waals surface area contributed by atoms with Crippen LogP contribution in [0.4, 0.5) is 0 Å². The van der Waals surface area contributed by atoms with E-state index in [0.717, 1.165) is 128 Å². The van der Waals surface area contributed by atoms with Crippen molar-refractivity contribution in [2.45, 2.75) is 346 Å². The first-order valence-electron chi connectivity index (χ1n) is 37.7. The smallest absolute Gasteiger partial charge is 0.220 e. The van der Waals surface area contributed by atoms with E-state index in [1.807, 2.05) is 6.08 Å². The molecule has 6 N–H and O–H groups in total. The summed E-state index contributed by atoms with van der Waals surface area (Å²) in [5.74, 6) is -0.199. The Morgan fingerprint density at radius 2 is 0.685 bits per heavy atom. The molecule has 0 aliphatic carbocycles. The molecular weight excluding hydrogens is 1140 g/mol. The number of allylic oxidation sites excluding steroid dienone is 25. The molecule has 0 saturated carbocycles. The fourth-order valence-electron chi connectivity index (χ4n) is 11.0. The van der Waals surface area contributed by atoms with E-state index < -0.39 is 49.5 Å². The summed E-state index contributed by atoms with van der Waals surface area (Å²) in [6.07, 6.45) is 102. The largest absolute Gasteiger partial charge is 0.394 e. The average Bonchev–Trinajstić information content (AvgIpc) is 1.00. The van der Waals surface area contributed by atoms with Crippen LogP contribution in [-0.4, -0.2) is 87.5 Å². The minimum atomic E-state index is -1.59. The van der Waals surface area contributed by atoms with Crippen LogP contribution in [0.2, 0.25) is 0 Å². The second-order valence-electron chi connectivity index (χ2n) is 25.3. The molecule has 1 amide bonds. The monoisotopic (exact) mass is 1280 g/mol. The van der Waals surface area contributed by atoms with E-state index in [1.54, 1.807) is 6.08 Å². The van der Waals surface area contributed by atoms with Gasteiger partial charge >= 0.3 is 0 Å². The molecule has 92 heavy (non-hydrogen) atoms. The molecule has 0 bridgehead atoms. The van der Waals surface area contributed by atoms with Gasteiger partial charge in [0.2, 0.25) is 5.91 Å². The summed E-state index contributed by atoms with van der Waals surface area (Å²) >= 11 is 0. The fraction of sp³-hybridized carbons (Fsp3) is 0.675. The maximum absolute atomic E-state index is 13.1. The van der Waals surface area contributed by atoms with Gasteiger partial charge in [-0.25, -0.2) is 0 Å². The molecule has 1 saturated heterocycles. The molecule has 1 rings (SSSR count). The lowest BCUT2D eigenvalue weighted by molar-refractivity contribution is -0.302. The molecule has 1 aliphatic rings. The van der Waals surface area contributed by atoms with Crippen molar-refractivity contribution in [1.82, 2.24) is 5.32 Å². The van der Waals surface area contributed by atoms with Crippen LogP contribution in [0.1, 0.15) is 303 Å². The van der Waals surface area contributed by atoms with Crippen LogP contribution in [0.3, 0.4) is 0 Å². The highest BCUT2D eigenvalue weighted by molar-refractivity contribution is 5.76. The summed E-state index contributed by atoms with van der Waals surface area (Å²) in [6, 6.07) is -0.844. The van der Waals surface area contributed by atoms with E-state index in [-0.39, 0.29) is 12.5 Å². The zero-order chi connectivity index (χ0) is 66.4. The van der Waals surface area contributed by atoms with E-state index >= 15 is 0 Å². The van der Waals surface area contributed by atoms with E-state index in [9.17, 15) is 30.3 Å². The fourth-order valence-corrected chi connectivity index (χ4v) is 11.0. The highest BCUT2D eigenvalue weighted by atomic mass is 16.7. The predicted molar refractivity (Wildman–Crippen MR) is 396 cm³/mol. The van der Waals surface area contributed by atoms with E-state index in [1.165, 1.54) is 154 Å². The molecule has 1 heterocycles. The van der Waals surface area contributed by atoms with Crippen molar-refractivity contribution in [3.63, 3.8) is 0 Å². The second kappa shape index (κ2) is 69.6. The maximum atomic E-state index is 13.1. The third-order valence-corrected chi connectivity index (χ3v) is 16.8. The van der Waals surface area contributed by atoms with Gasteiger partial charge in [-0.2, -0.15) is 0 Å². The van der Waals surface area contributed by atoms with Crippen LogP contribution in [0.5, 0.6) is 0 Å². The van der Waals surface area contributed by atoms with Crippen LogP contribution in [-0.2, 0) is 14.3 Å². The Balaban J connectivity index is 2.16. The first-order valence-corrected chi connectivity index (χ1v) is 37.7. The summed E-state index contributed by atoms with van der Waals surface area (Å²) in [4.78, 5) is 13.1. The van der Waals surface area contributed by atoms with Gasteiger partial charge in [0.15, 0.2) is 6.29 Å². The number of hydrogen-bond acceptors (Lipinski definition) is 8. The number of carbonyl (C=O) groups excluding carboxylic acids is 1. The highest BCUT2D eigenvalue weighted by Crippen LogP contribution is 2.23. The van der Waals surface area contributed by atoms with Gasteiger partial charge in [-0.05, 0) is 122 Å². The Labute approximate surface area is 565 Å². The van der Waals surface area contributed by atoms with Crippen LogP contribution < -0.4 is 5.32 Å². The number of amides is 1. The van der Waals surface area contributed by atoms with E-state index in [2.05, 4.69) is 165 Å². The van der Waals surface area contributed by atoms with Crippen LogP contribution >= 0.6 is 0 Å². The zero-order valence-electron chi connectivity index (χ0n) is 58.7. The molecule has 0 radical (unpaired) electrons. The molecule has 7 unspecified atom stereocenters. The summed E-state index contributed by atoms with van der Waals surface area (Å²) in [7, 11) is 0. The Bertz CT molecular complexity index is 2020. The summed E-state index contributed by atoms with van der Waals surface area (Å²) in [5.41, 5.74) is 0. The van der Waals surface area contributed by atoms with Crippen molar-refractivity contribution in [3.05, 3.63) is 158 Å². The Kier molecular flexibility index (Phi) is 65.0. The lowest BCUT2D eigenvalue weighted by Gasteiger charge is -2.40. The molecule has 1 aliphatic heterocycles. The van der Waals surface area contributed by atoms with E-state index in [4.69, 9.17) is 9.47 Å². The van der Waals surface area contributed by atoms with Crippen LogP contribution in [0.25, 0.3) is 0 Å².